The molecule has 1 rings (SSSR count). The quantitative estimate of drug-likeness (QED) is 0.699. The van der Waals surface area contributed by atoms with Crippen LogP contribution < -0.4 is 5.64 Å². The summed E-state index contributed by atoms with van der Waals surface area (Å²) in [5.41, 5.74) is 2.04. The van der Waals surface area contributed by atoms with Gasteiger partial charge in [0.1, 0.15) is 0 Å². The van der Waals surface area contributed by atoms with Crippen LogP contribution in [0.3, 0.4) is 0 Å². The van der Waals surface area contributed by atoms with Gasteiger partial charge in [-0.3, -0.25) is 4.84 Å². The van der Waals surface area contributed by atoms with E-state index in [1.807, 2.05) is 27.7 Å². The van der Waals surface area contributed by atoms with E-state index in [1.165, 1.54) is 25.7 Å². The summed E-state index contributed by atoms with van der Waals surface area (Å²) < 4.78 is 13.4. The van der Waals surface area contributed by atoms with E-state index >= 15 is 0 Å². The van der Waals surface area contributed by atoms with Crippen molar-refractivity contribution in [3.63, 3.8) is 0 Å². The van der Waals surface area contributed by atoms with Crippen molar-refractivity contribution in [1.82, 2.24) is 5.64 Å². The molecule has 1 aliphatic rings. The topological polar surface area (TPSA) is 30.5 Å². The van der Waals surface area contributed by atoms with Crippen LogP contribution in [0.2, 0.25) is 0 Å². The summed E-state index contributed by atoms with van der Waals surface area (Å²) in [6, 6.07) is 0. The van der Waals surface area contributed by atoms with Gasteiger partial charge in [-0.15, -0.1) is 0 Å². The Bertz CT molecular complexity index is 251. The van der Waals surface area contributed by atoms with E-state index in [0.29, 0.717) is 12.3 Å². The smallest absolute Gasteiger partial charge is 0.220 e. The molecule has 3 nitrogen and oxygen atoms in total. The zero-order chi connectivity index (χ0) is 14.5. The fourth-order valence-corrected chi connectivity index (χ4v) is 2.64. The molecule has 19 heavy (non-hydrogen) atoms. The molecule has 1 fully saturated rings. The maximum Gasteiger partial charge on any atom is 0.220 e. The lowest BCUT2D eigenvalue weighted by atomic mass is 9.75. The first-order valence-electron chi connectivity index (χ1n) is 7.54. The normalized spacial score (nSPS) is 26.7. The van der Waals surface area contributed by atoms with Gasteiger partial charge in [0.2, 0.25) is 6.36 Å². The Morgan fingerprint density at radius 3 is 2.32 bits per heavy atom. The fourth-order valence-electron chi connectivity index (χ4n) is 2.64. The number of nitrogens with one attached hydrogen (secondary N) is 1. The summed E-state index contributed by atoms with van der Waals surface area (Å²) in [4.78, 5) is 10.4. The molecule has 0 spiro atoms. The average molecular weight is 275 g/mol. The molecule has 0 amide bonds. The van der Waals surface area contributed by atoms with Gasteiger partial charge in [0.25, 0.3) is 0 Å². The number of hydrogen-bond acceptors (Lipinski definition) is 3. The minimum absolute atomic E-state index is 0.268. The van der Waals surface area contributed by atoms with Crippen LogP contribution in [-0.2, 0) is 9.68 Å². The molecule has 1 saturated carbocycles. The van der Waals surface area contributed by atoms with Crippen molar-refractivity contribution in [2.45, 2.75) is 78.7 Å². The minimum atomic E-state index is -1.32. The predicted molar refractivity (Wildman–Crippen MR) is 74.9 cm³/mol. The fraction of sp³-hybridized carbons (Fsp3) is 1.00. The van der Waals surface area contributed by atoms with E-state index in [-0.39, 0.29) is 11.5 Å². The van der Waals surface area contributed by atoms with E-state index in [9.17, 15) is 4.39 Å². The number of rotatable bonds is 7. The first kappa shape index (κ1) is 16.9. The molecule has 0 saturated heterocycles. The Morgan fingerprint density at radius 2 is 1.79 bits per heavy atom. The molecule has 0 aromatic heterocycles. The molecule has 114 valence electrons. The molecule has 0 aliphatic heterocycles. The summed E-state index contributed by atoms with van der Waals surface area (Å²) in [6.07, 6.45) is 3.89. The van der Waals surface area contributed by atoms with E-state index < -0.39 is 6.36 Å². The Balaban J connectivity index is 2.26. The molecule has 1 unspecified atom stereocenters. The Labute approximate surface area is 117 Å². The van der Waals surface area contributed by atoms with Gasteiger partial charge in [-0.1, -0.05) is 39.3 Å². The maximum absolute atomic E-state index is 13.4. The van der Waals surface area contributed by atoms with E-state index in [0.717, 1.165) is 5.92 Å². The summed E-state index contributed by atoms with van der Waals surface area (Å²) in [7, 11) is 0. The van der Waals surface area contributed by atoms with Crippen molar-refractivity contribution in [3.05, 3.63) is 0 Å². The van der Waals surface area contributed by atoms with Crippen molar-refractivity contribution < 1.29 is 14.1 Å². The van der Waals surface area contributed by atoms with Crippen LogP contribution >= 0.6 is 0 Å². The summed E-state index contributed by atoms with van der Waals surface area (Å²) >= 11 is 0. The lowest BCUT2D eigenvalue weighted by Crippen LogP contribution is -2.41. The van der Waals surface area contributed by atoms with Gasteiger partial charge in [0.05, 0.1) is 5.60 Å². The van der Waals surface area contributed by atoms with Crippen molar-refractivity contribution in [1.29, 1.82) is 0 Å². The second-order valence-electron chi connectivity index (χ2n) is 6.90. The Kier molecular flexibility index (Phi) is 6.71. The highest BCUT2D eigenvalue weighted by Crippen LogP contribution is 2.36. The number of hydrogen-bond donors (Lipinski definition) is 1. The van der Waals surface area contributed by atoms with Crippen LogP contribution in [0.5, 0.6) is 0 Å². The highest BCUT2D eigenvalue weighted by Gasteiger charge is 2.33. The van der Waals surface area contributed by atoms with Gasteiger partial charge in [-0.05, 0) is 44.4 Å². The van der Waals surface area contributed by atoms with E-state index in [2.05, 4.69) is 12.6 Å². The summed E-state index contributed by atoms with van der Waals surface area (Å²) in [5.74, 6) is 1.59. The van der Waals surface area contributed by atoms with Crippen molar-refractivity contribution in [2.24, 2.45) is 17.8 Å². The van der Waals surface area contributed by atoms with Crippen LogP contribution in [-0.4, -0.2) is 12.0 Å². The highest BCUT2D eigenvalue weighted by molar-refractivity contribution is 4.83. The third-order valence-corrected chi connectivity index (χ3v) is 4.14. The molecule has 0 heterocycles. The number of halogens is 1. The standard InChI is InChI=1S/C15H30FNO2/c1-11(2)10-14(16)18-17-19-15(4,5)13-8-6-12(3)7-9-13/h11-14,17H,6-10H2,1-5H3. The molecule has 0 aromatic rings. The first-order chi connectivity index (χ1) is 8.81. The van der Waals surface area contributed by atoms with E-state index in [4.69, 9.17) is 9.68 Å². The minimum Gasteiger partial charge on any atom is -0.270 e. The molecular weight excluding hydrogens is 245 g/mol. The van der Waals surface area contributed by atoms with E-state index in [1.54, 1.807) is 0 Å². The third-order valence-electron chi connectivity index (χ3n) is 4.14. The molecule has 4 heteroatoms. The Hall–Kier alpha value is -0.190. The SMILES string of the molecule is CC(C)CC(F)ONOC(C)(C)C1CCC(C)CC1. The lowest BCUT2D eigenvalue weighted by Gasteiger charge is -2.37. The average Bonchev–Trinajstić information content (AvgIpc) is 2.28. The zero-order valence-corrected chi connectivity index (χ0v) is 13.0. The van der Waals surface area contributed by atoms with Gasteiger partial charge in [-0.2, -0.15) is 0 Å². The van der Waals surface area contributed by atoms with Crippen LogP contribution in [0, 0.1) is 17.8 Å². The van der Waals surface area contributed by atoms with Gasteiger partial charge >= 0.3 is 0 Å². The largest absolute Gasteiger partial charge is 0.270 e. The van der Waals surface area contributed by atoms with Gasteiger partial charge in [-0.25, -0.2) is 9.23 Å². The zero-order valence-electron chi connectivity index (χ0n) is 13.0. The highest BCUT2D eigenvalue weighted by atomic mass is 19.1. The van der Waals surface area contributed by atoms with Gasteiger partial charge < -0.3 is 0 Å². The Morgan fingerprint density at radius 1 is 1.21 bits per heavy atom. The monoisotopic (exact) mass is 275 g/mol. The maximum atomic E-state index is 13.4. The van der Waals surface area contributed by atoms with Crippen LogP contribution in [0.1, 0.15) is 66.7 Å². The summed E-state index contributed by atoms with van der Waals surface area (Å²) in [5, 5.41) is 0. The van der Waals surface area contributed by atoms with Gasteiger partial charge in [0, 0.05) is 6.42 Å². The van der Waals surface area contributed by atoms with Crippen LogP contribution in [0.25, 0.3) is 0 Å². The molecule has 1 N–H and O–H groups in total. The first-order valence-corrected chi connectivity index (χ1v) is 7.54. The lowest BCUT2D eigenvalue weighted by molar-refractivity contribution is -0.282. The third kappa shape index (κ3) is 6.19. The van der Waals surface area contributed by atoms with Crippen molar-refractivity contribution >= 4 is 0 Å². The molecule has 0 bridgehead atoms. The molecular formula is C15H30FNO2. The second-order valence-corrected chi connectivity index (χ2v) is 6.90. The molecule has 0 radical (unpaired) electrons. The predicted octanol–water partition coefficient (Wildman–Crippen LogP) is 4.39. The number of alkyl halides is 1. The van der Waals surface area contributed by atoms with Crippen LogP contribution in [0.4, 0.5) is 4.39 Å². The van der Waals surface area contributed by atoms with Crippen molar-refractivity contribution in [3.8, 4) is 0 Å². The van der Waals surface area contributed by atoms with Crippen LogP contribution in [0.15, 0.2) is 0 Å². The molecule has 1 aliphatic carbocycles. The molecule has 0 aromatic carbocycles. The summed E-state index contributed by atoms with van der Waals surface area (Å²) in [6.45, 7) is 10.3. The van der Waals surface area contributed by atoms with Gasteiger partial charge in [0.15, 0.2) is 0 Å². The molecule has 1 atom stereocenters. The van der Waals surface area contributed by atoms with Crippen molar-refractivity contribution in [2.75, 3.05) is 0 Å². The second kappa shape index (κ2) is 7.55.